The second kappa shape index (κ2) is 7.84. The first-order valence-electron chi connectivity index (χ1n) is 9.05. The van der Waals surface area contributed by atoms with Crippen LogP contribution in [-0.2, 0) is 0 Å². The third kappa shape index (κ3) is 4.18. The molecule has 2 aliphatic rings. The fourth-order valence-electron chi connectivity index (χ4n) is 3.56. The van der Waals surface area contributed by atoms with Crippen molar-refractivity contribution in [3.63, 3.8) is 0 Å². The average Bonchev–Trinajstić information content (AvgIpc) is 3.44. The maximum absolute atomic E-state index is 4.50. The van der Waals surface area contributed by atoms with Crippen LogP contribution in [0.1, 0.15) is 24.8 Å². The zero-order valence-electron chi connectivity index (χ0n) is 15.2. The summed E-state index contributed by atoms with van der Waals surface area (Å²) in [6.07, 6.45) is 6.16. The van der Waals surface area contributed by atoms with E-state index in [0.717, 1.165) is 37.9 Å². The minimum absolute atomic E-state index is 0.613. The molecule has 0 spiro atoms. The molecule has 4 nitrogen and oxygen atoms in total. The van der Waals surface area contributed by atoms with Crippen LogP contribution in [-0.4, -0.2) is 62.6 Å². The molecule has 130 valence electrons. The van der Waals surface area contributed by atoms with Gasteiger partial charge in [-0.25, -0.2) is 0 Å². The molecule has 1 aliphatic carbocycles. The third-order valence-corrected chi connectivity index (χ3v) is 5.16. The third-order valence-electron chi connectivity index (χ3n) is 5.16. The molecular formula is C20H30N4. The van der Waals surface area contributed by atoms with Gasteiger partial charge in [0.1, 0.15) is 0 Å². The fraction of sp³-hybridized carbons (Fsp3) is 0.550. The van der Waals surface area contributed by atoms with Crippen molar-refractivity contribution in [1.29, 1.82) is 0 Å². The van der Waals surface area contributed by atoms with Crippen LogP contribution >= 0.6 is 0 Å². The number of aliphatic imine (C=N–C) groups is 1. The van der Waals surface area contributed by atoms with Gasteiger partial charge >= 0.3 is 0 Å². The van der Waals surface area contributed by atoms with Crippen molar-refractivity contribution in [2.45, 2.75) is 25.3 Å². The lowest BCUT2D eigenvalue weighted by Crippen LogP contribution is -2.48. The van der Waals surface area contributed by atoms with Gasteiger partial charge in [0.25, 0.3) is 0 Å². The van der Waals surface area contributed by atoms with Gasteiger partial charge in [-0.1, -0.05) is 36.4 Å². The van der Waals surface area contributed by atoms with E-state index < -0.39 is 0 Å². The second-order valence-electron chi connectivity index (χ2n) is 7.09. The summed E-state index contributed by atoms with van der Waals surface area (Å²) in [5.41, 5.74) is 2.80. The smallest absolute Gasteiger partial charge is 0.193 e. The number of rotatable bonds is 5. The predicted octanol–water partition coefficient (Wildman–Crippen LogP) is 2.69. The molecule has 0 amide bonds. The number of nitrogens with one attached hydrogen (secondary N) is 1. The Bertz CT molecular complexity index is 585. The van der Waals surface area contributed by atoms with Crippen LogP contribution in [0, 0.1) is 5.92 Å². The highest BCUT2D eigenvalue weighted by molar-refractivity contribution is 5.81. The summed E-state index contributed by atoms with van der Waals surface area (Å²) in [7, 11) is 6.26. The van der Waals surface area contributed by atoms with Crippen molar-refractivity contribution in [1.82, 2.24) is 15.1 Å². The van der Waals surface area contributed by atoms with Gasteiger partial charge in [0, 0.05) is 32.7 Å². The maximum atomic E-state index is 4.50. The number of hydrogen-bond acceptors (Lipinski definition) is 2. The normalized spacial score (nSPS) is 20.1. The van der Waals surface area contributed by atoms with E-state index in [0.29, 0.717) is 6.04 Å². The van der Waals surface area contributed by atoms with Gasteiger partial charge < -0.3 is 15.1 Å². The molecular weight excluding hydrogens is 296 g/mol. The first-order valence-corrected chi connectivity index (χ1v) is 9.05. The van der Waals surface area contributed by atoms with Crippen molar-refractivity contribution in [2.75, 3.05) is 40.8 Å². The number of hydrogen-bond donors (Lipinski definition) is 1. The quantitative estimate of drug-likeness (QED) is 0.667. The van der Waals surface area contributed by atoms with E-state index in [4.69, 9.17) is 0 Å². The minimum Gasteiger partial charge on any atom is -0.355 e. The highest BCUT2D eigenvalue weighted by Gasteiger charge is 2.32. The topological polar surface area (TPSA) is 30.9 Å². The van der Waals surface area contributed by atoms with E-state index in [9.17, 15) is 0 Å². The van der Waals surface area contributed by atoms with Gasteiger partial charge in [0.05, 0.1) is 0 Å². The second-order valence-corrected chi connectivity index (χ2v) is 7.09. The van der Waals surface area contributed by atoms with Crippen LogP contribution in [0.5, 0.6) is 0 Å². The SMILES string of the molecule is CN=C(NCC(C1CC1)N(C)C)N1CC=C(c2ccccc2)CC1. The zero-order chi connectivity index (χ0) is 16.9. The first kappa shape index (κ1) is 17.0. The summed E-state index contributed by atoms with van der Waals surface area (Å²) < 4.78 is 0. The molecule has 1 unspecified atom stereocenters. The molecule has 0 saturated heterocycles. The molecule has 3 rings (SSSR count). The highest BCUT2D eigenvalue weighted by Crippen LogP contribution is 2.34. The summed E-state index contributed by atoms with van der Waals surface area (Å²) in [6, 6.07) is 11.3. The Balaban J connectivity index is 1.56. The zero-order valence-corrected chi connectivity index (χ0v) is 15.2. The monoisotopic (exact) mass is 326 g/mol. The molecule has 1 aliphatic heterocycles. The van der Waals surface area contributed by atoms with Crippen molar-refractivity contribution < 1.29 is 0 Å². The number of guanidine groups is 1. The average molecular weight is 326 g/mol. The van der Waals surface area contributed by atoms with E-state index in [1.807, 2.05) is 7.05 Å². The largest absolute Gasteiger partial charge is 0.355 e. The van der Waals surface area contributed by atoms with E-state index in [1.54, 1.807) is 0 Å². The summed E-state index contributed by atoms with van der Waals surface area (Å²) in [5, 5.41) is 3.60. The molecule has 0 bridgehead atoms. The van der Waals surface area contributed by atoms with Gasteiger partial charge in [0.15, 0.2) is 5.96 Å². The predicted molar refractivity (Wildman–Crippen MR) is 102 cm³/mol. The Morgan fingerprint density at radius 1 is 1.29 bits per heavy atom. The molecule has 1 N–H and O–H groups in total. The van der Waals surface area contributed by atoms with Gasteiger partial charge in [-0.05, 0) is 50.4 Å². The molecule has 1 fully saturated rings. The summed E-state index contributed by atoms with van der Waals surface area (Å²) in [6.45, 7) is 2.94. The molecule has 1 saturated carbocycles. The van der Waals surface area contributed by atoms with Crippen molar-refractivity contribution in [3.8, 4) is 0 Å². The molecule has 1 heterocycles. The lowest BCUT2D eigenvalue weighted by molar-refractivity contribution is 0.261. The summed E-state index contributed by atoms with van der Waals surface area (Å²) >= 11 is 0. The van der Waals surface area contributed by atoms with Gasteiger partial charge in [0.2, 0.25) is 0 Å². The summed E-state index contributed by atoms with van der Waals surface area (Å²) in [4.78, 5) is 9.21. The molecule has 24 heavy (non-hydrogen) atoms. The van der Waals surface area contributed by atoms with Gasteiger partial charge in [-0.3, -0.25) is 4.99 Å². The molecule has 1 aromatic carbocycles. The van der Waals surface area contributed by atoms with Crippen LogP contribution in [0.25, 0.3) is 5.57 Å². The van der Waals surface area contributed by atoms with Gasteiger partial charge in [-0.15, -0.1) is 0 Å². The Kier molecular flexibility index (Phi) is 5.56. The molecule has 4 heteroatoms. The Morgan fingerprint density at radius 2 is 2.04 bits per heavy atom. The number of likely N-dealkylation sites (N-methyl/N-ethyl adjacent to an activating group) is 1. The van der Waals surface area contributed by atoms with Crippen molar-refractivity contribution >= 4 is 11.5 Å². The summed E-state index contributed by atoms with van der Waals surface area (Å²) in [5.74, 6) is 1.89. The number of benzene rings is 1. The fourth-order valence-corrected chi connectivity index (χ4v) is 3.56. The van der Waals surface area contributed by atoms with Crippen LogP contribution in [0.15, 0.2) is 41.4 Å². The van der Waals surface area contributed by atoms with Crippen LogP contribution in [0.3, 0.4) is 0 Å². The Labute approximate surface area is 146 Å². The molecule has 1 atom stereocenters. The van der Waals surface area contributed by atoms with Crippen LogP contribution in [0.4, 0.5) is 0 Å². The van der Waals surface area contributed by atoms with Crippen LogP contribution < -0.4 is 5.32 Å². The van der Waals surface area contributed by atoms with E-state index in [-0.39, 0.29) is 0 Å². The Morgan fingerprint density at radius 3 is 2.58 bits per heavy atom. The minimum atomic E-state index is 0.613. The standard InChI is InChI=1S/C20H30N4/c1-21-20(22-15-19(23(2)3)18-9-10-18)24-13-11-17(12-14-24)16-7-5-4-6-8-16/h4-8,11,18-19H,9-10,12-15H2,1-3H3,(H,21,22). The van der Waals surface area contributed by atoms with Crippen LogP contribution in [0.2, 0.25) is 0 Å². The lowest BCUT2D eigenvalue weighted by atomic mass is 10.00. The van der Waals surface area contributed by atoms with Crippen molar-refractivity contribution in [2.24, 2.45) is 10.9 Å². The number of nitrogens with zero attached hydrogens (tertiary/aromatic N) is 3. The van der Waals surface area contributed by atoms with E-state index in [2.05, 4.69) is 70.6 Å². The van der Waals surface area contributed by atoms with Gasteiger partial charge in [-0.2, -0.15) is 0 Å². The first-order chi connectivity index (χ1) is 11.7. The highest BCUT2D eigenvalue weighted by atomic mass is 15.3. The maximum Gasteiger partial charge on any atom is 0.193 e. The van der Waals surface area contributed by atoms with E-state index in [1.165, 1.54) is 24.0 Å². The lowest BCUT2D eigenvalue weighted by Gasteiger charge is -2.32. The molecule has 0 aromatic heterocycles. The molecule has 1 aromatic rings. The Hall–Kier alpha value is -1.81. The van der Waals surface area contributed by atoms with Crippen molar-refractivity contribution in [3.05, 3.63) is 42.0 Å². The molecule has 0 radical (unpaired) electrons. The van der Waals surface area contributed by atoms with E-state index >= 15 is 0 Å².